The Balaban J connectivity index is 1.94. The molecule has 82 valence electrons. The first-order valence-corrected chi connectivity index (χ1v) is 6.81. The summed E-state index contributed by atoms with van der Waals surface area (Å²) in [5.41, 5.74) is 0. The molecule has 0 amide bonds. The van der Waals surface area contributed by atoms with Crippen LogP contribution >= 0.6 is 35.0 Å². The van der Waals surface area contributed by atoms with Gasteiger partial charge in [-0.05, 0) is 24.8 Å². The monoisotopic (exact) mass is 262 g/mol. The summed E-state index contributed by atoms with van der Waals surface area (Å²) in [5.74, 6) is 1.94. The van der Waals surface area contributed by atoms with Crippen molar-refractivity contribution in [3.05, 3.63) is 16.4 Å². The van der Waals surface area contributed by atoms with Gasteiger partial charge in [-0.2, -0.15) is 0 Å². The molecule has 1 fully saturated rings. The van der Waals surface area contributed by atoms with Gasteiger partial charge < -0.3 is 0 Å². The lowest BCUT2D eigenvalue weighted by atomic mass is 10.1. The van der Waals surface area contributed by atoms with Gasteiger partial charge in [-0.3, -0.25) is 0 Å². The molecule has 0 aromatic carbocycles. The predicted octanol–water partition coefficient (Wildman–Crippen LogP) is 4.07. The Hall–Kier alpha value is 0.01000. The molecular formula is C10H12Cl2N2S. The largest absolute Gasteiger partial charge is 0.165 e. The van der Waals surface area contributed by atoms with E-state index in [2.05, 4.69) is 10.2 Å². The summed E-state index contributed by atoms with van der Waals surface area (Å²) in [5, 5.41) is 8.35. The number of nitrogens with zero attached hydrogens (tertiary/aromatic N) is 2. The Morgan fingerprint density at radius 3 is 2.73 bits per heavy atom. The first kappa shape index (κ1) is 11.5. The minimum atomic E-state index is 0.410. The van der Waals surface area contributed by atoms with Gasteiger partial charge >= 0.3 is 0 Å². The van der Waals surface area contributed by atoms with E-state index < -0.39 is 0 Å². The van der Waals surface area contributed by atoms with Crippen molar-refractivity contribution in [3.8, 4) is 0 Å². The van der Waals surface area contributed by atoms with Crippen LogP contribution in [0.2, 0.25) is 10.3 Å². The number of hydrogen-bond donors (Lipinski definition) is 0. The third kappa shape index (κ3) is 3.23. The highest BCUT2D eigenvalue weighted by Crippen LogP contribution is 2.33. The van der Waals surface area contributed by atoms with E-state index in [-0.39, 0.29) is 0 Å². The predicted molar refractivity (Wildman–Crippen MR) is 64.7 cm³/mol. The molecule has 1 aromatic heterocycles. The number of aromatic nitrogens is 2. The van der Waals surface area contributed by atoms with Gasteiger partial charge in [-0.1, -0.05) is 36.0 Å². The van der Waals surface area contributed by atoms with Crippen LogP contribution in [0, 0.1) is 5.92 Å². The van der Waals surface area contributed by atoms with Gasteiger partial charge in [-0.15, -0.1) is 22.0 Å². The summed E-state index contributed by atoms with van der Waals surface area (Å²) in [7, 11) is 0. The van der Waals surface area contributed by atoms with Crippen LogP contribution in [-0.2, 0) is 0 Å². The van der Waals surface area contributed by atoms with Gasteiger partial charge in [0.05, 0.1) is 0 Å². The van der Waals surface area contributed by atoms with Gasteiger partial charge in [0, 0.05) is 10.6 Å². The van der Waals surface area contributed by atoms with E-state index in [1.165, 1.54) is 25.7 Å². The average Bonchev–Trinajstić information content (AvgIpc) is 2.72. The van der Waals surface area contributed by atoms with Crippen LogP contribution in [0.5, 0.6) is 0 Å². The average molecular weight is 263 g/mol. The molecule has 0 saturated heterocycles. The highest BCUT2D eigenvalue weighted by atomic mass is 35.5. The molecule has 1 aliphatic carbocycles. The van der Waals surface area contributed by atoms with E-state index in [9.17, 15) is 0 Å². The molecule has 1 aliphatic rings. The highest BCUT2D eigenvalue weighted by molar-refractivity contribution is 7.99. The zero-order chi connectivity index (χ0) is 10.7. The van der Waals surface area contributed by atoms with E-state index >= 15 is 0 Å². The van der Waals surface area contributed by atoms with Crippen molar-refractivity contribution >= 4 is 35.0 Å². The summed E-state index contributed by atoms with van der Waals surface area (Å²) in [4.78, 5) is 0.948. The smallest absolute Gasteiger partial charge is 0.137 e. The molecule has 0 radical (unpaired) electrons. The lowest BCUT2D eigenvalue weighted by Crippen LogP contribution is -1.97. The SMILES string of the molecule is Clc1cc(SCC2CCCC2)c(Cl)nn1. The second-order valence-electron chi connectivity index (χ2n) is 3.78. The second-order valence-corrected chi connectivity index (χ2v) is 5.59. The van der Waals surface area contributed by atoms with Gasteiger partial charge in [0.25, 0.3) is 0 Å². The zero-order valence-electron chi connectivity index (χ0n) is 8.25. The van der Waals surface area contributed by atoms with Crippen LogP contribution in [0.15, 0.2) is 11.0 Å². The van der Waals surface area contributed by atoms with Gasteiger partial charge in [0.15, 0.2) is 10.3 Å². The molecule has 0 bridgehead atoms. The number of thioether (sulfide) groups is 1. The van der Waals surface area contributed by atoms with Crippen molar-refractivity contribution in [2.75, 3.05) is 5.75 Å². The van der Waals surface area contributed by atoms with E-state index in [4.69, 9.17) is 23.2 Å². The fourth-order valence-electron chi connectivity index (χ4n) is 1.82. The van der Waals surface area contributed by atoms with Crippen LogP contribution in [0.25, 0.3) is 0 Å². The maximum atomic E-state index is 5.93. The standard InChI is InChI=1S/C10H12Cl2N2S/c11-9-5-8(10(12)14-13-9)15-6-7-3-1-2-4-7/h5,7H,1-4,6H2. The quantitative estimate of drug-likeness (QED) is 0.769. The van der Waals surface area contributed by atoms with Crippen molar-refractivity contribution in [1.29, 1.82) is 0 Å². The molecule has 1 saturated carbocycles. The fourth-order valence-corrected chi connectivity index (χ4v) is 3.39. The highest BCUT2D eigenvalue weighted by Gasteiger charge is 2.16. The molecule has 0 N–H and O–H groups in total. The molecule has 0 aliphatic heterocycles. The lowest BCUT2D eigenvalue weighted by Gasteiger charge is -2.08. The maximum absolute atomic E-state index is 5.93. The lowest BCUT2D eigenvalue weighted by molar-refractivity contribution is 0.623. The first-order valence-electron chi connectivity index (χ1n) is 5.07. The molecule has 0 unspecified atom stereocenters. The van der Waals surface area contributed by atoms with Crippen LogP contribution < -0.4 is 0 Å². The second kappa shape index (κ2) is 5.37. The summed E-state index contributed by atoms with van der Waals surface area (Å²) in [6, 6.07) is 1.79. The van der Waals surface area contributed by atoms with Crippen molar-refractivity contribution in [3.63, 3.8) is 0 Å². The van der Waals surface area contributed by atoms with Gasteiger partial charge in [-0.25, -0.2) is 0 Å². The van der Waals surface area contributed by atoms with Crippen LogP contribution in [-0.4, -0.2) is 16.0 Å². The number of hydrogen-bond acceptors (Lipinski definition) is 3. The van der Waals surface area contributed by atoms with E-state index in [1.54, 1.807) is 17.8 Å². The first-order chi connectivity index (χ1) is 7.25. The Bertz CT molecular complexity index is 340. The number of rotatable bonds is 3. The molecule has 5 heteroatoms. The summed E-state index contributed by atoms with van der Waals surface area (Å²) in [6.45, 7) is 0. The fraction of sp³-hybridized carbons (Fsp3) is 0.600. The van der Waals surface area contributed by atoms with E-state index in [1.807, 2.05) is 0 Å². The molecule has 1 aromatic rings. The van der Waals surface area contributed by atoms with Crippen molar-refractivity contribution in [1.82, 2.24) is 10.2 Å². The molecule has 2 nitrogen and oxygen atoms in total. The topological polar surface area (TPSA) is 25.8 Å². The Morgan fingerprint density at radius 1 is 1.27 bits per heavy atom. The van der Waals surface area contributed by atoms with E-state index in [0.29, 0.717) is 10.3 Å². The Labute approximate surface area is 104 Å². The van der Waals surface area contributed by atoms with E-state index in [0.717, 1.165) is 16.6 Å². The van der Waals surface area contributed by atoms with Crippen molar-refractivity contribution < 1.29 is 0 Å². The van der Waals surface area contributed by atoms with Gasteiger partial charge in [0.2, 0.25) is 0 Å². The van der Waals surface area contributed by atoms with Crippen LogP contribution in [0.1, 0.15) is 25.7 Å². The summed E-state index contributed by atoms with van der Waals surface area (Å²) >= 11 is 13.4. The van der Waals surface area contributed by atoms with Crippen LogP contribution in [0.3, 0.4) is 0 Å². The van der Waals surface area contributed by atoms with Crippen LogP contribution in [0.4, 0.5) is 0 Å². The third-order valence-corrected chi connectivity index (χ3v) is 4.47. The normalized spacial score (nSPS) is 17.2. The Kier molecular flexibility index (Phi) is 4.12. The molecule has 1 heterocycles. The molecule has 2 rings (SSSR count). The van der Waals surface area contributed by atoms with Crippen molar-refractivity contribution in [2.24, 2.45) is 5.92 Å². The zero-order valence-corrected chi connectivity index (χ0v) is 10.6. The number of halogens is 2. The molecular weight excluding hydrogens is 251 g/mol. The minimum absolute atomic E-state index is 0.410. The summed E-state index contributed by atoms with van der Waals surface area (Å²) in [6.07, 6.45) is 5.43. The minimum Gasteiger partial charge on any atom is -0.137 e. The molecule has 0 atom stereocenters. The maximum Gasteiger partial charge on any atom is 0.165 e. The third-order valence-electron chi connectivity index (χ3n) is 2.64. The summed E-state index contributed by atoms with van der Waals surface area (Å²) < 4.78 is 0. The molecule has 15 heavy (non-hydrogen) atoms. The van der Waals surface area contributed by atoms with Gasteiger partial charge in [0.1, 0.15) is 0 Å². The Morgan fingerprint density at radius 2 is 2.00 bits per heavy atom. The van der Waals surface area contributed by atoms with Crippen molar-refractivity contribution in [2.45, 2.75) is 30.6 Å². The molecule has 0 spiro atoms.